The van der Waals surface area contributed by atoms with Crippen LogP contribution < -0.4 is 5.32 Å². The zero-order valence-corrected chi connectivity index (χ0v) is 13.8. The molecule has 1 aliphatic carbocycles. The number of aryl methyl sites for hydroxylation is 1. The van der Waals surface area contributed by atoms with Crippen LogP contribution in [0.15, 0.2) is 30.5 Å². The van der Waals surface area contributed by atoms with Crippen molar-refractivity contribution in [1.29, 1.82) is 0 Å². The normalized spacial score (nSPS) is 25.7. The molecule has 25 heavy (non-hydrogen) atoms. The van der Waals surface area contributed by atoms with Crippen molar-refractivity contribution >= 4 is 6.03 Å². The molecular formula is C18H21FN4O2. The number of carbonyl (C=O) groups is 1. The first-order valence-electron chi connectivity index (χ1n) is 8.64. The standard InChI is InChI=1S/C18H21FN4O2/c19-13-5-1-3-11(7-13)16-8-14(24)10-23(16)18(25)21-15-6-2-4-12-9-20-22-17(12)15/h1,3,5,7,9,14-16,24H,2,4,6,8,10H2,(H,20,22)(H,21,25)/t14-,15+,16-/m0/s1. The number of aliphatic hydroxyl groups excluding tert-OH is 1. The van der Waals surface area contributed by atoms with E-state index in [1.165, 1.54) is 12.1 Å². The molecule has 3 N–H and O–H groups in total. The molecule has 1 fully saturated rings. The molecule has 132 valence electrons. The maximum absolute atomic E-state index is 13.6. The molecule has 1 aromatic heterocycles. The summed E-state index contributed by atoms with van der Waals surface area (Å²) >= 11 is 0. The van der Waals surface area contributed by atoms with Gasteiger partial charge in [0.2, 0.25) is 0 Å². The van der Waals surface area contributed by atoms with E-state index in [4.69, 9.17) is 0 Å². The fraction of sp³-hybridized carbons (Fsp3) is 0.444. The van der Waals surface area contributed by atoms with Crippen molar-refractivity contribution in [3.63, 3.8) is 0 Å². The molecule has 0 saturated carbocycles. The molecule has 7 heteroatoms. The number of β-amino-alcohol motifs (C(OH)–C–C–N with tert-alkyl or cyclic N) is 1. The van der Waals surface area contributed by atoms with Crippen molar-refractivity contribution in [1.82, 2.24) is 20.4 Å². The molecule has 0 radical (unpaired) electrons. The lowest BCUT2D eigenvalue weighted by molar-refractivity contribution is 0.166. The lowest BCUT2D eigenvalue weighted by Gasteiger charge is -2.29. The van der Waals surface area contributed by atoms with Gasteiger partial charge in [-0.2, -0.15) is 5.10 Å². The Bertz CT molecular complexity index is 778. The summed E-state index contributed by atoms with van der Waals surface area (Å²) in [6.07, 6.45) is 4.43. The second-order valence-electron chi connectivity index (χ2n) is 6.82. The van der Waals surface area contributed by atoms with E-state index >= 15 is 0 Å². The number of amides is 2. The van der Waals surface area contributed by atoms with Gasteiger partial charge in [-0.05, 0) is 48.9 Å². The monoisotopic (exact) mass is 344 g/mol. The number of aromatic amines is 1. The van der Waals surface area contributed by atoms with Gasteiger partial charge in [0.15, 0.2) is 0 Å². The third-order valence-electron chi connectivity index (χ3n) is 5.11. The molecule has 0 bridgehead atoms. The van der Waals surface area contributed by atoms with E-state index in [1.807, 2.05) is 6.20 Å². The summed E-state index contributed by atoms with van der Waals surface area (Å²) < 4.78 is 13.6. The smallest absolute Gasteiger partial charge is 0.318 e. The van der Waals surface area contributed by atoms with Gasteiger partial charge in [-0.3, -0.25) is 5.10 Å². The van der Waals surface area contributed by atoms with Crippen LogP contribution in [0.2, 0.25) is 0 Å². The number of aromatic nitrogens is 2. The third-order valence-corrected chi connectivity index (χ3v) is 5.11. The number of benzene rings is 1. The van der Waals surface area contributed by atoms with Crippen LogP contribution >= 0.6 is 0 Å². The Morgan fingerprint density at radius 2 is 2.32 bits per heavy atom. The maximum atomic E-state index is 13.6. The van der Waals surface area contributed by atoms with Gasteiger partial charge in [-0.15, -0.1) is 0 Å². The largest absolute Gasteiger partial charge is 0.391 e. The van der Waals surface area contributed by atoms with E-state index < -0.39 is 6.10 Å². The number of carbonyl (C=O) groups excluding carboxylic acids is 1. The van der Waals surface area contributed by atoms with Crippen LogP contribution in [0, 0.1) is 5.82 Å². The van der Waals surface area contributed by atoms with Crippen LogP contribution in [0.1, 0.15) is 48.2 Å². The van der Waals surface area contributed by atoms with E-state index in [9.17, 15) is 14.3 Å². The Balaban J connectivity index is 1.53. The van der Waals surface area contributed by atoms with Crippen LogP contribution in [-0.4, -0.2) is 38.9 Å². The quantitative estimate of drug-likeness (QED) is 0.783. The fourth-order valence-corrected chi connectivity index (χ4v) is 3.91. The number of hydrogen-bond donors (Lipinski definition) is 3. The summed E-state index contributed by atoms with van der Waals surface area (Å²) in [7, 11) is 0. The fourth-order valence-electron chi connectivity index (χ4n) is 3.91. The van der Waals surface area contributed by atoms with Crippen LogP contribution in [0.4, 0.5) is 9.18 Å². The number of nitrogens with zero attached hydrogens (tertiary/aromatic N) is 2. The summed E-state index contributed by atoms with van der Waals surface area (Å²) in [5.41, 5.74) is 2.80. The minimum absolute atomic E-state index is 0.107. The number of aliphatic hydroxyl groups is 1. The Labute approximate surface area is 145 Å². The van der Waals surface area contributed by atoms with Crippen LogP contribution in [0.5, 0.6) is 0 Å². The number of fused-ring (bicyclic) bond motifs is 1. The minimum Gasteiger partial charge on any atom is -0.391 e. The maximum Gasteiger partial charge on any atom is 0.318 e. The number of likely N-dealkylation sites (tertiary alicyclic amines) is 1. The van der Waals surface area contributed by atoms with Gasteiger partial charge < -0.3 is 15.3 Å². The molecule has 1 aliphatic heterocycles. The molecule has 3 atom stereocenters. The summed E-state index contributed by atoms with van der Waals surface area (Å²) in [6, 6.07) is 5.55. The third kappa shape index (κ3) is 3.11. The number of urea groups is 1. The van der Waals surface area contributed by atoms with E-state index in [1.54, 1.807) is 17.0 Å². The van der Waals surface area contributed by atoms with E-state index in [-0.39, 0.29) is 30.5 Å². The average molecular weight is 344 g/mol. The van der Waals surface area contributed by atoms with E-state index in [0.29, 0.717) is 12.0 Å². The molecule has 1 aromatic carbocycles. The van der Waals surface area contributed by atoms with Gasteiger partial charge in [0, 0.05) is 6.54 Å². The van der Waals surface area contributed by atoms with Crippen molar-refractivity contribution in [3.05, 3.63) is 53.1 Å². The van der Waals surface area contributed by atoms with Gasteiger partial charge in [0.25, 0.3) is 0 Å². The zero-order valence-electron chi connectivity index (χ0n) is 13.8. The van der Waals surface area contributed by atoms with Crippen LogP contribution in [0.3, 0.4) is 0 Å². The Kier molecular flexibility index (Phi) is 4.17. The predicted octanol–water partition coefficient (Wildman–Crippen LogP) is 2.44. The van der Waals surface area contributed by atoms with Gasteiger partial charge in [0.05, 0.1) is 30.1 Å². The number of hydrogen-bond acceptors (Lipinski definition) is 3. The number of halogens is 1. The molecule has 2 heterocycles. The molecule has 0 spiro atoms. The highest BCUT2D eigenvalue weighted by atomic mass is 19.1. The summed E-state index contributed by atoms with van der Waals surface area (Å²) in [4.78, 5) is 14.4. The van der Waals surface area contributed by atoms with Gasteiger partial charge in [-0.1, -0.05) is 12.1 Å². The molecule has 2 aromatic rings. The second kappa shape index (κ2) is 6.48. The topological polar surface area (TPSA) is 81.2 Å². The molecule has 1 saturated heterocycles. The zero-order chi connectivity index (χ0) is 17.4. The van der Waals surface area contributed by atoms with Crippen LogP contribution in [-0.2, 0) is 6.42 Å². The first-order chi connectivity index (χ1) is 12.1. The molecule has 6 nitrogen and oxygen atoms in total. The van der Waals surface area contributed by atoms with Crippen LogP contribution in [0.25, 0.3) is 0 Å². The first kappa shape index (κ1) is 16.1. The lowest BCUT2D eigenvalue weighted by Crippen LogP contribution is -2.42. The van der Waals surface area contributed by atoms with Crippen molar-refractivity contribution < 1.29 is 14.3 Å². The molecule has 2 amide bonds. The average Bonchev–Trinajstić information content (AvgIpc) is 3.22. The van der Waals surface area contributed by atoms with E-state index in [2.05, 4.69) is 15.5 Å². The Morgan fingerprint density at radius 3 is 3.16 bits per heavy atom. The second-order valence-corrected chi connectivity index (χ2v) is 6.82. The summed E-state index contributed by atoms with van der Waals surface area (Å²) in [5.74, 6) is -0.339. The Morgan fingerprint density at radius 1 is 1.44 bits per heavy atom. The summed E-state index contributed by atoms with van der Waals surface area (Å²) in [5, 5.41) is 20.1. The van der Waals surface area contributed by atoms with Crippen molar-refractivity contribution in [2.75, 3.05) is 6.54 Å². The highest BCUT2D eigenvalue weighted by molar-refractivity contribution is 5.76. The Hall–Kier alpha value is -2.41. The number of rotatable bonds is 2. The van der Waals surface area contributed by atoms with Gasteiger partial charge in [0.1, 0.15) is 5.82 Å². The number of H-pyrrole nitrogens is 1. The summed E-state index contributed by atoms with van der Waals surface area (Å²) in [6.45, 7) is 0.246. The van der Waals surface area contributed by atoms with E-state index in [0.717, 1.165) is 30.5 Å². The predicted molar refractivity (Wildman–Crippen MR) is 89.3 cm³/mol. The van der Waals surface area contributed by atoms with Crippen molar-refractivity contribution in [2.24, 2.45) is 0 Å². The van der Waals surface area contributed by atoms with Crippen molar-refractivity contribution in [3.8, 4) is 0 Å². The molecule has 0 unspecified atom stereocenters. The highest BCUT2D eigenvalue weighted by Gasteiger charge is 2.37. The first-order valence-corrected chi connectivity index (χ1v) is 8.64. The van der Waals surface area contributed by atoms with Crippen molar-refractivity contribution in [2.45, 2.75) is 43.9 Å². The SMILES string of the molecule is O=C(N[C@@H]1CCCc2cn[nH]c21)N1C[C@@H](O)C[C@H]1c1cccc(F)c1. The van der Waals surface area contributed by atoms with Gasteiger partial charge in [-0.25, -0.2) is 9.18 Å². The molecular weight excluding hydrogens is 323 g/mol. The molecule has 4 rings (SSSR count). The molecule has 2 aliphatic rings. The highest BCUT2D eigenvalue weighted by Crippen LogP contribution is 2.34. The lowest BCUT2D eigenvalue weighted by atomic mass is 9.94. The van der Waals surface area contributed by atoms with Gasteiger partial charge >= 0.3 is 6.03 Å². The minimum atomic E-state index is -0.604. The number of nitrogens with one attached hydrogen (secondary N) is 2.